The van der Waals surface area contributed by atoms with Crippen molar-refractivity contribution in [3.05, 3.63) is 48.0 Å². The highest BCUT2D eigenvalue weighted by Gasteiger charge is 2.20. The summed E-state index contributed by atoms with van der Waals surface area (Å²) in [7, 11) is 1.51. The van der Waals surface area contributed by atoms with Crippen LogP contribution in [-0.2, 0) is 16.1 Å². The van der Waals surface area contributed by atoms with Gasteiger partial charge in [-0.15, -0.1) is 0 Å². The Morgan fingerprint density at radius 1 is 1.11 bits per heavy atom. The van der Waals surface area contributed by atoms with Gasteiger partial charge in [0.2, 0.25) is 0 Å². The van der Waals surface area contributed by atoms with Crippen LogP contribution in [0.3, 0.4) is 0 Å². The molecule has 2 aromatic carbocycles. The first kappa shape index (κ1) is 20.1. The average molecular weight is 383 g/mol. The zero-order chi connectivity index (χ0) is 19.8. The summed E-state index contributed by atoms with van der Waals surface area (Å²) in [5.41, 5.74) is 1.39. The third-order valence-electron chi connectivity index (χ3n) is 5.42. The maximum atomic E-state index is 11.5. The number of piperidine rings is 1. The summed E-state index contributed by atoms with van der Waals surface area (Å²) in [6, 6.07) is 15.1. The number of amides is 2. The molecule has 2 aromatic rings. The van der Waals surface area contributed by atoms with E-state index in [-0.39, 0.29) is 12.5 Å². The van der Waals surface area contributed by atoms with Crippen molar-refractivity contribution in [2.45, 2.75) is 25.8 Å². The van der Waals surface area contributed by atoms with Crippen LogP contribution in [0.15, 0.2) is 42.5 Å². The van der Waals surface area contributed by atoms with Crippen molar-refractivity contribution in [2.24, 2.45) is 5.92 Å². The molecule has 0 spiro atoms. The molecular formula is C22H29N3O3. The number of hydrogen-bond donors (Lipinski definition) is 2. The van der Waals surface area contributed by atoms with Crippen molar-refractivity contribution in [2.75, 3.05) is 33.3 Å². The monoisotopic (exact) mass is 383 g/mol. The lowest BCUT2D eigenvalue weighted by Gasteiger charge is -2.32. The fourth-order valence-corrected chi connectivity index (χ4v) is 3.74. The maximum absolute atomic E-state index is 11.5. The fraction of sp³-hybridized carbons (Fsp3) is 0.455. The van der Waals surface area contributed by atoms with Crippen molar-refractivity contribution >= 4 is 22.8 Å². The molecule has 6 heteroatoms. The first-order chi connectivity index (χ1) is 13.7. The molecular weight excluding hydrogens is 354 g/mol. The van der Waals surface area contributed by atoms with Gasteiger partial charge in [-0.3, -0.25) is 9.69 Å². The molecule has 1 aliphatic heterocycles. The van der Waals surface area contributed by atoms with E-state index in [0.717, 1.165) is 38.9 Å². The molecule has 3 rings (SSSR count). The maximum Gasteiger partial charge on any atom is 0.407 e. The smallest absolute Gasteiger partial charge is 0.407 e. The summed E-state index contributed by atoms with van der Waals surface area (Å²) in [5.74, 6) is 0.303. The number of carbonyl (C=O) groups is 2. The number of alkyl carbamates (subject to hydrolysis) is 1. The van der Waals surface area contributed by atoms with Crippen LogP contribution in [-0.4, -0.2) is 50.2 Å². The number of rotatable bonds is 7. The minimum Gasteiger partial charge on any atom is -0.439 e. The Balaban J connectivity index is 1.38. The largest absolute Gasteiger partial charge is 0.439 e. The zero-order valence-electron chi connectivity index (χ0n) is 16.4. The Morgan fingerprint density at radius 2 is 1.86 bits per heavy atom. The van der Waals surface area contributed by atoms with Crippen LogP contribution in [0.4, 0.5) is 4.79 Å². The fourth-order valence-electron chi connectivity index (χ4n) is 3.74. The lowest BCUT2D eigenvalue weighted by atomic mass is 9.93. The molecule has 1 heterocycles. The van der Waals surface area contributed by atoms with Gasteiger partial charge in [0.25, 0.3) is 5.91 Å². The van der Waals surface area contributed by atoms with Gasteiger partial charge in [0.05, 0.1) is 0 Å². The number of ether oxygens (including phenoxy) is 1. The predicted molar refractivity (Wildman–Crippen MR) is 110 cm³/mol. The highest BCUT2D eigenvalue weighted by molar-refractivity contribution is 5.85. The number of likely N-dealkylation sites (N-methyl/N-ethyl adjacent to an activating group) is 1. The number of carbonyl (C=O) groups excluding carboxylic acids is 2. The molecule has 1 fully saturated rings. The van der Waals surface area contributed by atoms with Crippen LogP contribution in [0.1, 0.15) is 24.8 Å². The number of nitrogens with zero attached hydrogens (tertiary/aromatic N) is 1. The van der Waals surface area contributed by atoms with Gasteiger partial charge in [0.1, 0.15) is 0 Å². The molecule has 0 saturated carbocycles. The van der Waals surface area contributed by atoms with Crippen molar-refractivity contribution in [1.29, 1.82) is 0 Å². The Hall–Kier alpha value is -2.60. The number of likely N-dealkylation sites (tertiary alicyclic amines) is 1. The number of hydrogen-bond acceptors (Lipinski definition) is 4. The Kier molecular flexibility index (Phi) is 7.25. The molecule has 0 aliphatic carbocycles. The van der Waals surface area contributed by atoms with E-state index < -0.39 is 6.09 Å². The summed E-state index contributed by atoms with van der Waals surface area (Å²) in [5, 5.41) is 7.77. The Bertz CT molecular complexity index is 795. The predicted octanol–water partition coefficient (Wildman–Crippen LogP) is 2.91. The highest BCUT2D eigenvalue weighted by atomic mass is 16.6. The molecule has 0 aromatic heterocycles. The van der Waals surface area contributed by atoms with Crippen molar-refractivity contribution < 1.29 is 14.3 Å². The van der Waals surface area contributed by atoms with Crippen molar-refractivity contribution in [3.8, 4) is 0 Å². The minimum atomic E-state index is -0.531. The Morgan fingerprint density at radius 3 is 2.64 bits per heavy atom. The van der Waals surface area contributed by atoms with Gasteiger partial charge >= 0.3 is 6.09 Å². The molecule has 0 radical (unpaired) electrons. The summed E-state index contributed by atoms with van der Waals surface area (Å²) >= 11 is 0. The van der Waals surface area contributed by atoms with Crippen LogP contribution < -0.4 is 10.6 Å². The third-order valence-corrected chi connectivity index (χ3v) is 5.42. The van der Waals surface area contributed by atoms with Gasteiger partial charge in [0.15, 0.2) is 6.61 Å². The van der Waals surface area contributed by atoms with E-state index in [0.29, 0.717) is 12.5 Å². The normalized spacial score (nSPS) is 15.3. The lowest BCUT2D eigenvalue weighted by Crippen LogP contribution is -2.35. The number of fused-ring (bicyclic) bond motifs is 1. The minimum absolute atomic E-state index is 0.241. The van der Waals surface area contributed by atoms with E-state index in [1.165, 1.54) is 23.4 Å². The molecule has 2 amide bonds. The molecule has 2 N–H and O–H groups in total. The van der Waals surface area contributed by atoms with Gasteiger partial charge < -0.3 is 15.4 Å². The van der Waals surface area contributed by atoms with E-state index >= 15 is 0 Å². The first-order valence-electron chi connectivity index (χ1n) is 9.96. The first-order valence-corrected chi connectivity index (χ1v) is 9.96. The molecule has 1 aliphatic rings. The van der Waals surface area contributed by atoms with E-state index in [4.69, 9.17) is 4.74 Å². The Labute approximate surface area is 166 Å². The average Bonchev–Trinajstić information content (AvgIpc) is 2.73. The molecule has 0 bridgehead atoms. The summed E-state index contributed by atoms with van der Waals surface area (Å²) in [6.45, 7) is 3.48. The summed E-state index contributed by atoms with van der Waals surface area (Å²) < 4.78 is 4.83. The lowest BCUT2D eigenvalue weighted by molar-refractivity contribution is -0.123. The van der Waals surface area contributed by atoms with Crippen LogP contribution in [0, 0.1) is 5.92 Å². The van der Waals surface area contributed by atoms with E-state index in [9.17, 15) is 9.59 Å². The van der Waals surface area contributed by atoms with Gasteiger partial charge in [-0.25, -0.2) is 4.79 Å². The summed E-state index contributed by atoms with van der Waals surface area (Å²) in [4.78, 5) is 25.1. The van der Waals surface area contributed by atoms with E-state index in [2.05, 4.69) is 58.0 Å². The van der Waals surface area contributed by atoms with Gasteiger partial charge in [0, 0.05) is 20.1 Å². The second-order valence-electron chi connectivity index (χ2n) is 7.32. The molecule has 6 nitrogen and oxygen atoms in total. The highest BCUT2D eigenvalue weighted by Crippen LogP contribution is 2.24. The van der Waals surface area contributed by atoms with Crippen LogP contribution in [0.5, 0.6) is 0 Å². The second-order valence-corrected chi connectivity index (χ2v) is 7.32. The van der Waals surface area contributed by atoms with Crippen molar-refractivity contribution in [1.82, 2.24) is 15.5 Å². The van der Waals surface area contributed by atoms with Crippen LogP contribution in [0.2, 0.25) is 0 Å². The van der Waals surface area contributed by atoms with Gasteiger partial charge in [-0.05, 0) is 54.6 Å². The summed E-state index contributed by atoms with van der Waals surface area (Å²) in [6.07, 6.45) is 2.69. The number of benzene rings is 2. The quantitative estimate of drug-likeness (QED) is 0.771. The molecule has 1 saturated heterocycles. The van der Waals surface area contributed by atoms with Crippen LogP contribution in [0.25, 0.3) is 10.8 Å². The standard InChI is InChI=1S/C22H29N3O3/c1-23-21(26)16-28-22(27)24-12-9-17-10-13-25(14-11-17)15-19-7-4-6-18-5-2-3-8-20(18)19/h2-8,17H,9-16H2,1H3,(H,23,26)(H,24,27). The zero-order valence-corrected chi connectivity index (χ0v) is 16.4. The van der Waals surface area contributed by atoms with Crippen molar-refractivity contribution in [3.63, 3.8) is 0 Å². The van der Waals surface area contributed by atoms with E-state index in [1.807, 2.05) is 0 Å². The number of nitrogens with one attached hydrogen (secondary N) is 2. The molecule has 28 heavy (non-hydrogen) atoms. The van der Waals surface area contributed by atoms with E-state index in [1.54, 1.807) is 0 Å². The molecule has 0 atom stereocenters. The molecule has 0 unspecified atom stereocenters. The van der Waals surface area contributed by atoms with Crippen LogP contribution >= 0.6 is 0 Å². The SMILES string of the molecule is CNC(=O)COC(=O)NCCC1CCN(Cc2cccc3ccccc23)CC1. The third kappa shape index (κ3) is 5.70. The topological polar surface area (TPSA) is 70.7 Å². The van der Waals surface area contributed by atoms with Gasteiger partial charge in [-0.2, -0.15) is 0 Å². The molecule has 150 valence electrons. The second kappa shape index (κ2) is 10.1. The van der Waals surface area contributed by atoms with Gasteiger partial charge in [-0.1, -0.05) is 42.5 Å².